The van der Waals surface area contributed by atoms with E-state index in [9.17, 15) is 19.7 Å². The third kappa shape index (κ3) is 4.13. The quantitative estimate of drug-likeness (QED) is 0.646. The maximum Gasteiger partial charge on any atom is 0.325 e. The van der Waals surface area contributed by atoms with Gasteiger partial charge in [0, 0.05) is 5.69 Å². The van der Waals surface area contributed by atoms with Crippen LogP contribution >= 0.6 is 0 Å². The van der Waals surface area contributed by atoms with Crippen LogP contribution in [-0.2, 0) is 11.3 Å². The minimum atomic E-state index is -0.687. The van der Waals surface area contributed by atoms with Gasteiger partial charge in [0.1, 0.15) is 18.9 Å². The number of benzene rings is 1. The molecule has 1 aromatic carbocycles. The number of nitro groups is 1. The topological polar surface area (TPSA) is 119 Å². The smallest absolute Gasteiger partial charge is 0.308 e. The molecule has 0 unspecified atom stereocenters. The van der Waals surface area contributed by atoms with E-state index in [4.69, 9.17) is 0 Å². The predicted molar refractivity (Wildman–Crippen MR) is 72.5 cm³/mol. The summed E-state index contributed by atoms with van der Waals surface area (Å²) in [6, 6.07) is 7.91. The Kier molecular flexibility index (Phi) is 4.24. The number of hydrogen-bond acceptors (Lipinski definition) is 5. The second-order valence-corrected chi connectivity index (χ2v) is 4.02. The number of imide groups is 1. The summed E-state index contributed by atoms with van der Waals surface area (Å²) in [7, 11) is 0. The molecule has 3 amide bonds. The molecule has 0 aliphatic rings. The molecule has 1 heterocycles. The Bertz CT molecular complexity index is 667. The second kappa shape index (κ2) is 6.28. The van der Waals surface area contributed by atoms with Gasteiger partial charge in [0.05, 0.1) is 4.92 Å². The van der Waals surface area contributed by atoms with E-state index in [-0.39, 0.29) is 12.2 Å². The van der Waals surface area contributed by atoms with Crippen LogP contribution in [0.2, 0.25) is 0 Å². The highest BCUT2D eigenvalue weighted by molar-refractivity contribution is 6.01. The SMILES string of the molecule is O=C(Cn1cc([N+](=O)[O-])cn1)NC(=O)Nc1ccccc1. The first kappa shape index (κ1) is 14.2. The molecule has 9 heteroatoms. The van der Waals surface area contributed by atoms with Crippen LogP contribution in [0.3, 0.4) is 0 Å². The first-order valence-corrected chi connectivity index (χ1v) is 5.87. The molecule has 0 aliphatic carbocycles. The number of aromatic nitrogens is 2. The van der Waals surface area contributed by atoms with Crippen molar-refractivity contribution in [1.29, 1.82) is 0 Å². The molecule has 0 spiro atoms. The first-order valence-electron chi connectivity index (χ1n) is 5.87. The van der Waals surface area contributed by atoms with Crippen molar-refractivity contribution in [3.05, 3.63) is 52.8 Å². The monoisotopic (exact) mass is 289 g/mol. The van der Waals surface area contributed by atoms with Gasteiger partial charge in [-0.1, -0.05) is 18.2 Å². The number of nitrogens with zero attached hydrogens (tertiary/aromatic N) is 3. The molecule has 0 fully saturated rings. The molecule has 0 bridgehead atoms. The molecule has 2 N–H and O–H groups in total. The van der Waals surface area contributed by atoms with Crippen molar-refractivity contribution in [1.82, 2.24) is 15.1 Å². The number of anilines is 1. The molecular weight excluding hydrogens is 278 g/mol. The zero-order valence-corrected chi connectivity index (χ0v) is 10.7. The highest BCUT2D eigenvalue weighted by Gasteiger charge is 2.13. The molecule has 0 saturated heterocycles. The number of urea groups is 1. The maximum atomic E-state index is 11.6. The van der Waals surface area contributed by atoms with Crippen LogP contribution in [0.4, 0.5) is 16.2 Å². The van der Waals surface area contributed by atoms with Gasteiger partial charge in [0.15, 0.2) is 0 Å². The van der Waals surface area contributed by atoms with E-state index in [1.54, 1.807) is 30.3 Å². The lowest BCUT2D eigenvalue weighted by atomic mass is 10.3. The lowest BCUT2D eigenvalue weighted by Crippen LogP contribution is -2.36. The minimum absolute atomic E-state index is 0.225. The normalized spacial score (nSPS) is 9.90. The molecule has 0 radical (unpaired) electrons. The third-order valence-electron chi connectivity index (χ3n) is 2.42. The third-order valence-corrected chi connectivity index (χ3v) is 2.42. The summed E-state index contributed by atoms with van der Waals surface area (Å²) in [5, 5.41) is 18.7. The van der Waals surface area contributed by atoms with Gasteiger partial charge >= 0.3 is 11.7 Å². The van der Waals surface area contributed by atoms with E-state index >= 15 is 0 Å². The highest BCUT2D eigenvalue weighted by atomic mass is 16.6. The lowest BCUT2D eigenvalue weighted by molar-refractivity contribution is -0.385. The van der Waals surface area contributed by atoms with Gasteiger partial charge < -0.3 is 5.32 Å². The maximum absolute atomic E-state index is 11.6. The predicted octanol–water partition coefficient (Wildman–Crippen LogP) is 1.14. The zero-order chi connectivity index (χ0) is 15.2. The lowest BCUT2D eigenvalue weighted by Gasteiger charge is -2.06. The fraction of sp³-hybridized carbons (Fsp3) is 0.0833. The Labute approximate surface area is 118 Å². The Morgan fingerprint density at radius 3 is 2.62 bits per heavy atom. The van der Waals surface area contributed by atoms with E-state index in [1.165, 1.54) is 0 Å². The zero-order valence-electron chi connectivity index (χ0n) is 10.7. The Balaban J connectivity index is 1.86. The number of hydrogen-bond donors (Lipinski definition) is 2. The van der Waals surface area contributed by atoms with Gasteiger partial charge in [-0.15, -0.1) is 0 Å². The molecule has 2 rings (SSSR count). The van der Waals surface area contributed by atoms with Gasteiger partial charge in [-0.25, -0.2) is 4.79 Å². The van der Waals surface area contributed by atoms with Crippen molar-refractivity contribution < 1.29 is 14.5 Å². The van der Waals surface area contributed by atoms with Gasteiger partial charge in [-0.3, -0.25) is 24.9 Å². The van der Waals surface area contributed by atoms with E-state index in [0.29, 0.717) is 5.69 Å². The number of carbonyl (C=O) groups is 2. The largest absolute Gasteiger partial charge is 0.325 e. The summed E-state index contributed by atoms with van der Waals surface area (Å²) in [5.41, 5.74) is 0.314. The summed E-state index contributed by atoms with van der Waals surface area (Å²) >= 11 is 0. The molecule has 1 aromatic heterocycles. The molecule has 21 heavy (non-hydrogen) atoms. The van der Waals surface area contributed by atoms with Crippen LogP contribution in [0, 0.1) is 10.1 Å². The number of nitrogens with one attached hydrogen (secondary N) is 2. The molecule has 0 aliphatic heterocycles. The second-order valence-electron chi connectivity index (χ2n) is 4.02. The molecule has 9 nitrogen and oxygen atoms in total. The Morgan fingerprint density at radius 2 is 2.00 bits per heavy atom. The number of carbonyl (C=O) groups excluding carboxylic acids is 2. The van der Waals surface area contributed by atoms with Crippen molar-refractivity contribution in [2.45, 2.75) is 6.54 Å². The highest BCUT2D eigenvalue weighted by Crippen LogP contribution is 2.07. The Morgan fingerprint density at radius 1 is 1.29 bits per heavy atom. The van der Waals surface area contributed by atoms with E-state index in [0.717, 1.165) is 17.1 Å². The van der Waals surface area contributed by atoms with Crippen LogP contribution in [0.5, 0.6) is 0 Å². The van der Waals surface area contributed by atoms with Crippen molar-refractivity contribution in [2.75, 3.05) is 5.32 Å². The molecular formula is C12H11N5O4. The van der Waals surface area contributed by atoms with Crippen LogP contribution < -0.4 is 10.6 Å². The standard InChI is InChI=1S/C12H11N5O4/c18-11(8-16-7-10(6-13-16)17(20)21)15-12(19)14-9-4-2-1-3-5-9/h1-7H,8H2,(H2,14,15,18,19). The fourth-order valence-corrected chi connectivity index (χ4v) is 1.53. The average Bonchev–Trinajstić information content (AvgIpc) is 2.88. The van der Waals surface area contributed by atoms with Gasteiger partial charge in [0.2, 0.25) is 5.91 Å². The van der Waals surface area contributed by atoms with Crippen molar-refractivity contribution in [3.8, 4) is 0 Å². The first-order chi connectivity index (χ1) is 10.0. The van der Waals surface area contributed by atoms with Gasteiger partial charge in [-0.05, 0) is 12.1 Å². The van der Waals surface area contributed by atoms with Gasteiger partial charge in [-0.2, -0.15) is 5.10 Å². The van der Waals surface area contributed by atoms with Crippen molar-refractivity contribution >= 4 is 23.3 Å². The van der Waals surface area contributed by atoms with E-state index in [2.05, 4.69) is 15.7 Å². The summed E-state index contributed by atoms with van der Waals surface area (Å²) < 4.78 is 1.07. The summed E-state index contributed by atoms with van der Waals surface area (Å²) in [5.74, 6) is -0.638. The van der Waals surface area contributed by atoms with Crippen LogP contribution in [-0.4, -0.2) is 26.6 Å². The number of rotatable bonds is 4. The summed E-state index contributed by atoms with van der Waals surface area (Å²) in [6.07, 6.45) is 2.13. The summed E-state index contributed by atoms with van der Waals surface area (Å²) in [4.78, 5) is 33.0. The minimum Gasteiger partial charge on any atom is -0.308 e. The van der Waals surface area contributed by atoms with Crippen molar-refractivity contribution in [3.63, 3.8) is 0 Å². The van der Waals surface area contributed by atoms with Gasteiger partial charge in [0.25, 0.3) is 0 Å². The molecule has 0 saturated carbocycles. The van der Waals surface area contributed by atoms with E-state index in [1.807, 2.05) is 0 Å². The fourth-order valence-electron chi connectivity index (χ4n) is 1.53. The molecule has 0 atom stereocenters. The van der Waals surface area contributed by atoms with E-state index < -0.39 is 16.9 Å². The van der Waals surface area contributed by atoms with Crippen LogP contribution in [0.15, 0.2) is 42.7 Å². The molecule has 108 valence electrons. The Hall–Kier alpha value is -3.23. The van der Waals surface area contributed by atoms with Crippen LogP contribution in [0.1, 0.15) is 0 Å². The average molecular weight is 289 g/mol. The van der Waals surface area contributed by atoms with Crippen molar-refractivity contribution in [2.24, 2.45) is 0 Å². The summed E-state index contributed by atoms with van der Waals surface area (Å²) in [6.45, 7) is -0.296. The number of para-hydroxylation sites is 1. The number of amides is 3. The van der Waals surface area contributed by atoms with Crippen LogP contribution in [0.25, 0.3) is 0 Å². The molecule has 2 aromatic rings.